The van der Waals surface area contributed by atoms with E-state index < -0.39 is 5.72 Å². The third kappa shape index (κ3) is 1.85. The van der Waals surface area contributed by atoms with Crippen molar-refractivity contribution in [3.8, 4) is 0 Å². The van der Waals surface area contributed by atoms with E-state index in [1.807, 2.05) is 25.7 Å². The van der Waals surface area contributed by atoms with Crippen LogP contribution in [0, 0.1) is 0 Å². The maximum absolute atomic E-state index is 11.6. The molecule has 1 aliphatic heterocycles. The van der Waals surface area contributed by atoms with Gasteiger partial charge in [0.05, 0.1) is 12.6 Å². The van der Waals surface area contributed by atoms with Gasteiger partial charge in [0.1, 0.15) is 5.72 Å². The molecular weight excluding hydrogens is 166 g/mol. The lowest BCUT2D eigenvalue weighted by molar-refractivity contribution is -0.145. The Balaban J connectivity index is 2.80. The molecule has 3 heteroatoms. The Kier molecular flexibility index (Phi) is 2.96. The van der Waals surface area contributed by atoms with Gasteiger partial charge in [0.25, 0.3) is 0 Å². The van der Waals surface area contributed by atoms with Gasteiger partial charge >= 0.3 is 0 Å². The van der Waals surface area contributed by atoms with Crippen LogP contribution in [-0.2, 0) is 9.53 Å². The van der Waals surface area contributed by atoms with Crippen LogP contribution in [-0.4, -0.2) is 29.2 Å². The normalized spacial score (nSPS) is 26.5. The summed E-state index contributed by atoms with van der Waals surface area (Å²) in [5.74, 6) is 0.189. The van der Waals surface area contributed by atoms with Crippen LogP contribution in [0.1, 0.15) is 40.5 Å². The van der Waals surface area contributed by atoms with Gasteiger partial charge < -0.3 is 9.64 Å². The van der Waals surface area contributed by atoms with Gasteiger partial charge in [-0.1, -0.05) is 13.8 Å². The second-order valence-electron chi connectivity index (χ2n) is 3.94. The van der Waals surface area contributed by atoms with Crippen molar-refractivity contribution in [2.45, 2.75) is 52.3 Å². The number of amides is 1. The van der Waals surface area contributed by atoms with Gasteiger partial charge in [-0.25, -0.2) is 0 Å². The fraction of sp³-hybridized carbons (Fsp3) is 0.900. The second-order valence-corrected chi connectivity index (χ2v) is 3.94. The maximum Gasteiger partial charge on any atom is 0.224 e. The van der Waals surface area contributed by atoms with Crippen molar-refractivity contribution >= 4 is 5.91 Å². The molecule has 76 valence electrons. The highest BCUT2D eigenvalue weighted by molar-refractivity contribution is 5.77. The molecule has 0 radical (unpaired) electrons. The van der Waals surface area contributed by atoms with Crippen LogP contribution < -0.4 is 0 Å². The fourth-order valence-electron chi connectivity index (χ4n) is 1.86. The smallest absolute Gasteiger partial charge is 0.224 e. The van der Waals surface area contributed by atoms with Gasteiger partial charge in [0.2, 0.25) is 5.91 Å². The van der Waals surface area contributed by atoms with E-state index in [1.165, 1.54) is 0 Å². The molecule has 0 aromatic rings. The maximum atomic E-state index is 11.6. The third-order valence-electron chi connectivity index (χ3n) is 2.62. The molecule has 1 rings (SSSR count). The van der Waals surface area contributed by atoms with Crippen molar-refractivity contribution in [2.24, 2.45) is 0 Å². The number of nitrogens with zero attached hydrogens (tertiary/aromatic N) is 1. The van der Waals surface area contributed by atoms with E-state index in [9.17, 15) is 4.79 Å². The molecule has 1 saturated heterocycles. The molecular formula is C10H19NO2. The summed E-state index contributed by atoms with van der Waals surface area (Å²) in [6.07, 6.45) is 1.53. The molecule has 0 saturated carbocycles. The Morgan fingerprint density at radius 1 is 1.54 bits per heavy atom. The number of carbonyl (C=O) groups excluding carboxylic acids is 1. The van der Waals surface area contributed by atoms with Crippen molar-refractivity contribution < 1.29 is 9.53 Å². The number of rotatable bonds is 2. The molecule has 1 aliphatic rings. The van der Waals surface area contributed by atoms with Gasteiger partial charge in [0.15, 0.2) is 0 Å². The zero-order valence-electron chi connectivity index (χ0n) is 8.96. The van der Waals surface area contributed by atoms with E-state index in [0.717, 1.165) is 6.42 Å². The molecule has 0 aliphatic carbocycles. The van der Waals surface area contributed by atoms with E-state index in [4.69, 9.17) is 4.74 Å². The predicted molar refractivity (Wildman–Crippen MR) is 51.2 cm³/mol. The number of ether oxygens (including phenoxy) is 1. The summed E-state index contributed by atoms with van der Waals surface area (Å²) < 4.78 is 5.58. The second kappa shape index (κ2) is 3.66. The van der Waals surface area contributed by atoms with Crippen LogP contribution in [0.2, 0.25) is 0 Å². The first-order chi connectivity index (χ1) is 6.03. The molecule has 1 unspecified atom stereocenters. The predicted octanol–water partition coefficient (Wildman–Crippen LogP) is 1.77. The van der Waals surface area contributed by atoms with Crippen LogP contribution >= 0.6 is 0 Å². The van der Waals surface area contributed by atoms with E-state index in [1.54, 1.807) is 0 Å². The summed E-state index contributed by atoms with van der Waals surface area (Å²) in [7, 11) is 0. The Bertz CT molecular complexity index is 201. The van der Waals surface area contributed by atoms with Crippen molar-refractivity contribution in [1.82, 2.24) is 4.90 Å². The number of carbonyl (C=O) groups is 1. The summed E-state index contributed by atoms with van der Waals surface area (Å²) in [5, 5.41) is 0. The minimum absolute atomic E-state index is 0.189. The molecule has 0 spiro atoms. The molecule has 1 atom stereocenters. The van der Waals surface area contributed by atoms with Crippen LogP contribution in [0.5, 0.6) is 0 Å². The van der Waals surface area contributed by atoms with Gasteiger partial charge in [0, 0.05) is 6.42 Å². The average Bonchev–Trinajstić information content (AvgIpc) is 2.39. The first-order valence-corrected chi connectivity index (χ1v) is 4.99. The number of hydrogen-bond acceptors (Lipinski definition) is 2. The van der Waals surface area contributed by atoms with Crippen LogP contribution in [0.15, 0.2) is 0 Å². The van der Waals surface area contributed by atoms with Gasteiger partial charge in [-0.05, 0) is 20.3 Å². The minimum atomic E-state index is -0.409. The van der Waals surface area contributed by atoms with Crippen LogP contribution in [0.25, 0.3) is 0 Å². The Labute approximate surface area is 80.1 Å². The lowest BCUT2D eigenvalue weighted by Gasteiger charge is -2.33. The van der Waals surface area contributed by atoms with Crippen molar-refractivity contribution in [1.29, 1.82) is 0 Å². The summed E-state index contributed by atoms with van der Waals surface area (Å²) >= 11 is 0. The molecule has 0 bridgehead atoms. The minimum Gasteiger partial charge on any atom is -0.354 e. The van der Waals surface area contributed by atoms with Crippen molar-refractivity contribution in [2.75, 3.05) is 6.61 Å². The Morgan fingerprint density at radius 3 is 2.62 bits per heavy atom. The van der Waals surface area contributed by atoms with Crippen molar-refractivity contribution in [3.63, 3.8) is 0 Å². The Morgan fingerprint density at radius 2 is 2.15 bits per heavy atom. The zero-order valence-corrected chi connectivity index (χ0v) is 8.96. The molecule has 1 heterocycles. The highest BCUT2D eigenvalue weighted by Crippen LogP contribution is 2.29. The monoisotopic (exact) mass is 185 g/mol. The fourth-order valence-corrected chi connectivity index (χ4v) is 1.86. The first kappa shape index (κ1) is 10.5. The molecule has 0 aromatic carbocycles. The van der Waals surface area contributed by atoms with E-state index in [0.29, 0.717) is 13.0 Å². The molecule has 3 nitrogen and oxygen atoms in total. The summed E-state index contributed by atoms with van der Waals surface area (Å²) in [4.78, 5) is 13.5. The van der Waals surface area contributed by atoms with Gasteiger partial charge in [-0.3, -0.25) is 4.79 Å². The van der Waals surface area contributed by atoms with E-state index in [-0.39, 0.29) is 11.9 Å². The van der Waals surface area contributed by atoms with E-state index in [2.05, 4.69) is 6.92 Å². The van der Waals surface area contributed by atoms with Crippen LogP contribution in [0.4, 0.5) is 0 Å². The lowest BCUT2D eigenvalue weighted by Crippen LogP contribution is -2.47. The molecule has 1 fully saturated rings. The topological polar surface area (TPSA) is 29.5 Å². The van der Waals surface area contributed by atoms with Crippen LogP contribution in [0.3, 0.4) is 0 Å². The highest BCUT2D eigenvalue weighted by Gasteiger charge is 2.41. The molecule has 13 heavy (non-hydrogen) atoms. The standard InChI is InChI=1S/C10H19NO2/c1-5-8-7-13-10(3,4)11(8)9(12)6-2/h8H,5-7H2,1-4H3. The number of hydrogen-bond donors (Lipinski definition) is 0. The molecule has 0 N–H and O–H groups in total. The molecule has 1 amide bonds. The SMILES string of the molecule is CCC(=O)N1C(CC)COC1(C)C. The summed E-state index contributed by atoms with van der Waals surface area (Å²) in [5.41, 5.74) is -0.409. The first-order valence-electron chi connectivity index (χ1n) is 4.99. The highest BCUT2D eigenvalue weighted by atomic mass is 16.5. The third-order valence-corrected chi connectivity index (χ3v) is 2.62. The summed E-state index contributed by atoms with van der Waals surface area (Å²) in [6.45, 7) is 8.57. The van der Waals surface area contributed by atoms with Crippen molar-refractivity contribution in [3.05, 3.63) is 0 Å². The average molecular weight is 185 g/mol. The lowest BCUT2D eigenvalue weighted by atomic mass is 10.1. The quantitative estimate of drug-likeness (QED) is 0.656. The van der Waals surface area contributed by atoms with Gasteiger partial charge in [-0.15, -0.1) is 0 Å². The Hall–Kier alpha value is -0.570. The van der Waals surface area contributed by atoms with Gasteiger partial charge in [-0.2, -0.15) is 0 Å². The van der Waals surface area contributed by atoms with E-state index >= 15 is 0 Å². The zero-order chi connectivity index (χ0) is 10.1. The molecule has 0 aromatic heterocycles. The largest absolute Gasteiger partial charge is 0.354 e. The summed E-state index contributed by atoms with van der Waals surface area (Å²) in [6, 6.07) is 0.266.